The average Bonchev–Trinajstić information content (AvgIpc) is 3.19. The summed E-state index contributed by atoms with van der Waals surface area (Å²) >= 11 is 0. The highest BCUT2D eigenvalue weighted by Gasteiger charge is 2.32. The molecule has 1 aliphatic heterocycles. The molecule has 0 saturated heterocycles. The summed E-state index contributed by atoms with van der Waals surface area (Å²) in [4.78, 5) is 14.6. The third-order valence-electron chi connectivity index (χ3n) is 3.82. The van der Waals surface area contributed by atoms with Crippen molar-refractivity contribution in [3.63, 3.8) is 0 Å². The highest BCUT2D eigenvalue weighted by molar-refractivity contribution is 6.05. The lowest BCUT2D eigenvalue weighted by atomic mass is 10.1. The van der Waals surface area contributed by atoms with Crippen LogP contribution in [0.15, 0.2) is 42.5 Å². The lowest BCUT2D eigenvalue weighted by Crippen LogP contribution is -2.11. The van der Waals surface area contributed by atoms with Gasteiger partial charge in [0.2, 0.25) is 6.79 Å². The molecule has 2 aromatic carbocycles. The van der Waals surface area contributed by atoms with Crippen molar-refractivity contribution in [2.45, 2.75) is 6.18 Å². The minimum atomic E-state index is -4.45. The van der Waals surface area contributed by atoms with Gasteiger partial charge in [-0.1, -0.05) is 0 Å². The van der Waals surface area contributed by atoms with Gasteiger partial charge in [-0.3, -0.25) is 4.79 Å². The number of carbonyl (C=O) groups is 1. The Labute approximate surface area is 139 Å². The maximum Gasteiger partial charge on any atom is 0.431 e. The minimum Gasteiger partial charge on any atom is -0.454 e. The molecule has 1 aromatic heterocycles. The SMILES string of the molecule is O=C(Nc1ccc2[nH]c(C(F)(F)F)cc2c1)c1ccc2c(c1)OCO2. The molecule has 0 spiro atoms. The molecule has 1 aliphatic rings. The summed E-state index contributed by atoms with van der Waals surface area (Å²) in [6, 6.07) is 10.3. The molecule has 2 N–H and O–H groups in total. The minimum absolute atomic E-state index is 0.103. The lowest BCUT2D eigenvalue weighted by molar-refractivity contribution is -0.140. The van der Waals surface area contributed by atoms with Gasteiger partial charge in [0, 0.05) is 22.2 Å². The first kappa shape index (κ1) is 15.4. The van der Waals surface area contributed by atoms with E-state index in [1.54, 1.807) is 18.2 Å². The van der Waals surface area contributed by atoms with Gasteiger partial charge >= 0.3 is 6.18 Å². The van der Waals surface area contributed by atoms with Crippen molar-refractivity contribution in [2.75, 3.05) is 12.1 Å². The summed E-state index contributed by atoms with van der Waals surface area (Å²) < 4.78 is 48.6. The van der Waals surface area contributed by atoms with Crippen LogP contribution < -0.4 is 14.8 Å². The van der Waals surface area contributed by atoms with Crippen LogP contribution in [0.1, 0.15) is 16.1 Å². The van der Waals surface area contributed by atoms with E-state index < -0.39 is 17.8 Å². The Balaban J connectivity index is 1.58. The van der Waals surface area contributed by atoms with Crippen molar-refractivity contribution >= 4 is 22.5 Å². The molecule has 3 aromatic rings. The van der Waals surface area contributed by atoms with Crippen molar-refractivity contribution in [2.24, 2.45) is 0 Å². The van der Waals surface area contributed by atoms with Crippen LogP contribution in [0.3, 0.4) is 0 Å². The molecule has 25 heavy (non-hydrogen) atoms. The van der Waals surface area contributed by atoms with Gasteiger partial charge in [-0.2, -0.15) is 13.2 Å². The summed E-state index contributed by atoms with van der Waals surface area (Å²) in [6.45, 7) is 0.103. The highest BCUT2D eigenvalue weighted by Crippen LogP contribution is 2.33. The van der Waals surface area contributed by atoms with Gasteiger partial charge in [-0.25, -0.2) is 0 Å². The van der Waals surface area contributed by atoms with Crippen molar-refractivity contribution in [1.29, 1.82) is 0 Å². The fourth-order valence-corrected chi connectivity index (χ4v) is 2.60. The van der Waals surface area contributed by atoms with Gasteiger partial charge in [0.15, 0.2) is 11.5 Å². The van der Waals surface area contributed by atoms with Crippen LogP contribution in [0.4, 0.5) is 18.9 Å². The summed E-state index contributed by atoms with van der Waals surface area (Å²) in [5, 5.41) is 3.02. The monoisotopic (exact) mass is 348 g/mol. The maximum atomic E-state index is 12.7. The van der Waals surface area contributed by atoms with Gasteiger partial charge in [0.05, 0.1) is 0 Å². The van der Waals surface area contributed by atoms with E-state index in [1.807, 2.05) is 0 Å². The van der Waals surface area contributed by atoms with Crippen LogP contribution in [0.5, 0.6) is 11.5 Å². The Kier molecular flexibility index (Phi) is 3.34. The standard InChI is InChI=1S/C17H11F3N2O3/c18-17(19,20)15-7-10-5-11(2-3-12(10)22-15)21-16(23)9-1-4-13-14(6-9)25-8-24-13/h1-7,22H,8H2,(H,21,23). The number of carbonyl (C=O) groups excluding carboxylic acids is 1. The second kappa shape index (κ2) is 5.44. The maximum absolute atomic E-state index is 12.7. The van der Waals surface area contributed by atoms with E-state index in [1.165, 1.54) is 18.2 Å². The van der Waals surface area contributed by atoms with E-state index >= 15 is 0 Å². The Morgan fingerprint density at radius 2 is 1.84 bits per heavy atom. The van der Waals surface area contributed by atoms with Crippen LogP contribution in [-0.2, 0) is 6.18 Å². The number of fused-ring (bicyclic) bond motifs is 2. The quantitative estimate of drug-likeness (QED) is 0.731. The first-order valence-electron chi connectivity index (χ1n) is 7.31. The number of aromatic nitrogens is 1. The summed E-state index contributed by atoms with van der Waals surface area (Å²) in [5.41, 5.74) is 0.257. The van der Waals surface area contributed by atoms with E-state index in [0.29, 0.717) is 33.7 Å². The fourth-order valence-electron chi connectivity index (χ4n) is 2.60. The number of aromatic amines is 1. The molecule has 5 nitrogen and oxygen atoms in total. The van der Waals surface area contributed by atoms with Gasteiger partial charge in [0.25, 0.3) is 5.91 Å². The highest BCUT2D eigenvalue weighted by atomic mass is 19.4. The molecule has 0 atom stereocenters. The zero-order valence-electron chi connectivity index (χ0n) is 12.6. The Bertz CT molecular complexity index is 979. The summed E-state index contributed by atoms with van der Waals surface area (Å²) in [7, 11) is 0. The van der Waals surface area contributed by atoms with E-state index in [-0.39, 0.29) is 6.79 Å². The second-order valence-corrected chi connectivity index (χ2v) is 5.50. The molecule has 1 amide bonds. The fraction of sp³-hybridized carbons (Fsp3) is 0.118. The first-order valence-corrected chi connectivity index (χ1v) is 7.31. The molecular formula is C17H11F3N2O3. The molecule has 0 fully saturated rings. The van der Waals surface area contributed by atoms with Crippen molar-refractivity contribution < 1.29 is 27.4 Å². The molecule has 4 rings (SSSR count). The zero-order chi connectivity index (χ0) is 17.6. The van der Waals surface area contributed by atoms with Gasteiger partial charge in [0.1, 0.15) is 5.69 Å². The van der Waals surface area contributed by atoms with Crippen LogP contribution in [0, 0.1) is 0 Å². The van der Waals surface area contributed by atoms with E-state index in [9.17, 15) is 18.0 Å². The van der Waals surface area contributed by atoms with E-state index in [2.05, 4.69) is 10.3 Å². The van der Waals surface area contributed by atoms with Crippen LogP contribution in [0.2, 0.25) is 0 Å². The molecule has 8 heteroatoms. The van der Waals surface area contributed by atoms with Crippen molar-refractivity contribution in [3.8, 4) is 11.5 Å². The van der Waals surface area contributed by atoms with Gasteiger partial charge < -0.3 is 19.8 Å². The number of hydrogen-bond donors (Lipinski definition) is 2. The number of H-pyrrole nitrogens is 1. The molecule has 0 bridgehead atoms. The number of amides is 1. The Morgan fingerprint density at radius 3 is 2.64 bits per heavy atom. The number of ether oxygens (including phenoxy) is 2. The molecular weight excluding hydrogens is 337 g/mol. The lowest BCUT2D eigenvalue weighted by Gasteiger charge is -2.06. The van der Waals surface area contributed by atoms with Gasteiger partial charge in [-0.15, -0.1) is 0 Å². The van der Waals surface area contributed by atoms with Crippen molar-refractivity contribution in [1.82, 2.24) is 4.98 Å². The average molecular weight is 348 g/mol. The number of benzene rings is 2. The largest absolute Gasteiger partial charge is 0.454 e. The van der Waals surface area contributed by atoms with E-state index in [0.717, 1.165) is 6.07 Å². The van der Waals surface area contributed by atoms with E-state index in [4.69, 9.17) is 9.47 Å². The predicted octanol–water partition coefficient (Wildman–Crippen LogP) is 4.17. The molecule has 128 valence electrons. The normalized spacial score (nSPS) is 13.2. The Hall–Kier alpha value is -3.16. The third kappa shape index (κ3) is 2.86. The zero-order valence-corrected chi connectivity index (χ0v) is 12.6. The van der Waals surface area contributed by atoms with Crippen molar-refractivity contribution in [3.05, 3.63) is 53.7 Å². The first-order chi connectivity index (χ1) is 11.9. The molecule has 0 aliphatic carbocycles. The predicted molar refractivity (Wildman–Crippen MR) is 83.8 cm³/mol. The topological polar surface area (TPSA) is 63.4 Å². The number of alkyl halides is 3. The number of halogens is 3. The number of hydrogen-bond acceptors (Lipinski definition) is 3. The summed E-state index contributed by atoms with van der Waals surface area (Å²) in [6.07, 6.45) is -4.45. The second-order valence-electron chi connectivity index (χ2n) is 5.50. The Morgan fingerprint density at radius 1 is 1.04 bits per heavy atom. The molecule has 0 radical (unpaired) electrons. The number of nitrogens with one attached hydrogen (secondary N) is 2. The molecule has 2 heterocycles. The van der Waals surface area contributed by atoms with Gasteiger partial charge in [-0.05, 0) is 42.5 Å². The molecule has 0 saturated carbocycles. The third-order valence-corrected chi connectivity index (χ3v) is 3.82. The van der Waals surface area contributed by atoms with Crippen LogP contribution in [0.25, 0.3) is 10.9 Å². The van der Waals surface area contributed by atoms with Crippen LogP contribution >= 0.6 is 0 Å². The van der Waals surface area contributed by atoms with Crippen LogP contribution in [-0.4, -0.2) is 17.7 Å². The number of rotatable bonds is 2. The number of anilines is 1. The smallest absolute Gasteiger partial charge is 0.431 e. The summed E-state index contributed by atoms with van der Waals surface area (Å²) in [5.74, 6) is 0.637. The molecule has 0 unspecified atom stereocenters.